The Morgan fingerprint density at radius 1 is 1.00 bits per heavy atom. The highest BCUT2D eigenvalue weighted by molar-refractivity contribution is 4.76. The molecular weight excluding hydrogens is 172 g/mol. The van der Waals surface area contributed by atoms with Gasteiger partial charge in [0.15, 0.2) is 0 Å². The van der Waals surface area contributed by atoms with Crippen molar-refractivity contribution in [2.45, 2.75) is 38.5 Å². The van der Waals surface area contributed by atoms with Crippen LogP contribution in [0.3, 0.4) is 0 Å². The molecule has 0 radical (unpaired) electrons. The first-order valence-corrected chi connectivity index (χ1v) is 6.36. The van der Waals surface area contributed by atoms with E-state index >= 15 is 0 Å². The molecule has 2 rings (SSSR count). The van der Waals surface area contributed by atoms with E-state index in [1.807, 2.05) is 0 Å². The maximum atomic E-state index is 3.59. The molecule has 2 aliphatic rings. The van der Waals surface area contributed by atoms with Crippen LogP contribution in [0.5, 0.6) is 0 Å². The van der Waals surface area contributed by atoms with Gasteiger partial charge in [0, 0.05) is 19.6 Å². The molecule has 1 aliphatic heterocycles. The van der Waals surface area contributed by atoms with Crippen molar-refractivity contribution in [3.05, 3.63) is 0 Å². The third-order valence-corrected chi connectivity index (χ3v) is 3.75. The molecule has 2 N–H and O–H groups in total. The summed E-state index contributed by atoms with van der Waals surface area (Å²) >= 11 is 0. The van der Waals surface area contributed by atoms with Crippen molar-refractivity contribution in [3.8, 4) is 0 Å². The van der Waals surface area contributed by atoms with Crippen molar-refractivity contribution >= 4 is 0 Å². The second-order valence-electron chi connectivity index (χ2n) is 5.02. The molecule has 0 aromatic carbocycles. The Bertz CT molecular complexity index is 148. The molecule has 82 valence electrons. The predicted octanol–water partition coefficient (Wildman–Crippen LogP) is 1.77. The van der Waals surface area contributed by atoms with Gasteiger partial charge >= 0.3 is 0 Å². The van der Waals surface area contributed by atoms with E-state index in [4.69, 9.17) is 0 Å². The van der Waals surface area contributed by atoms with Gasteiger partial charge < -0.3 is 10.6 Å². The third-order valence-electron chi connectivity index (χ3n) is 3.75. The highest BCUT2D eigenvalue weighted by Gasteiger charge is 2.16. The molecule has 0 amide bonds. The van der Waals surface area contributed by atoms with Crippen LogP contribution in [0, 0.1) is 11.8 Å². The lowest BCUT2D eigenvalue weighted by molar-refractivity contribution is 0.307. The zero-order valence-electron chi connectivity index (χ0n) is 9.23. The van der Waals surface area contributed by atoms with Crippen molar-refractivity contribution in [1.82, 2.24) is 10.6 Å². The smallest absolute Gasteiger partial charge is 0.000394 e. The van der Waals surface area contributed by atoms with Crippen molar-refractivity contribution in [3.63, 3.8) is 0 Å². The molecule has 0 unspecified atom stereocenters. The summed E-state index contributed by atoms with van der Waals surface area (Å²) in [6.07, 6.45) is 8.85. The van der Waals surface area contributed by atoms with Crippen LogP contribution in [0.25, 0.3) is 0 Å². The molecular formula is C12H24N2. The summed E-state index contributed by atoms with van der Waals surface area (Å²) < 4.78 is 0. The maximum Gasteiger partial charge on any atom is 0.000394 e. The molecule has 2 heteroatoms. The van der Waals surface area contributed by atoms with Gasteiger partial charge in [0.05, 0.1) is 0 Å². The Morgan fingerprint density at radius 2 is 1.79 bits per heavy atom. The zero-order valence-corrected chi connectivity index (χ0v) is 9.23. The molecule has 0 bridgehead atoms. The fourth-order valence-electron chi connectivity index (χ4n) is 2.58. The lowest BCUT2D eigenvalue weighted by Gasteiger charge is -2.28. The monoisotopic (exact) mass is 196 g/mol. The fraction of sp³-hybridized carbons (Fsp3) is 1.00. The summed E-state index contributed by atoms with van der Waals surface area (Å²) in [5.41, 5.74) is 0. The quantitative estimate of drug-likeness (QED) is 0.655. The summed E-state index contributed by atoms with van der Waals surface area (Å²) in [4.78, 5) is 0. The molecule has 0 aromatic rings. The molecule has 0 aromatic heterocycles. The normalized spacial score (nSPS) is 24.9. The molecule has 1 aliphatic carbocycles. The summed E-state index contributed by atoms with van der Waals surface area (Å²) in [5.74, 6) is 1.96. The number of rotatable bonds is 5. The van der Waals surface area contributed by atoms with Crippen LogP contribution in [0.4, 0.5) is 0 Å². The van der Waals surface area contributed by atoms with E-state index in [-0.39, 0.29) is 0 Å². The van der Waals surface area contributed by atoms with Crippen LogP contribution in [-0.4, -0.2) is 26.2 Å². The average molecular weight is 196 g/mol. The largest absolute Gasteiger partial charge is 0.316 e. The molecule has 1 saturated carbocycles. The Hall–Kier alpha value is -0.0800. The first-order valence-electron chi connectivity index (χ1n) is 6.36. The maximum absolute atomic E-state index is 3.59. The molecule has 2 nitrogen and oxygen atoms in total. The van der Waals surface area contributed by atoms with Crippen LogP contribution in [0.2, 0.25) is 0 Å². The van der Waals surface area contributed by atoms with Crippen molar-refractivity contribution in [2.75, 3.05) is 26.2 Å². The Kier molecular flexibility index (Phi) is 4.26. The lowest BCUT2D eigenvalue weighted by Crippen LogP contribution is -2.47. The van der Waals surface area contributed by atoms with Gasteiger partial charge in [-0.1, -0.05) is 32.1 Å². The molecule has 1 heterocycles. The second kappa shape index (κ2) is 5.72. The van der Waals surface area contributed by atoms with Crippen molar-refractivity contribution in [2.24, 2.45) is 11.8 Å². The van der Waals surface area contributed by atoms with E-state index in [1.54, 1.807) is 0 Å². The minimum absolute atomic E-state index is 0.918. The fourth-order valence-corrected chi connectivity index (χ4v) is 2.58. The highest BCUT2D eigenvalue weighted by Crippen LogP contribution is 2.25. The summed E-state index contributed by atoms with van der Waals surface area (Å²) in [6.45, 7) is 4.95. The molecule has 0 spiro atoms. The van der Waals surface area contributed by atoms with Gasteiger partial charge in [-0.3, -0.25) is 0 Å². The first kappa shape index (κ1) is 10.4. The van der Waals surface area contributed by atoms with E-state index in [9.17, 15) is 0 Å². The van der Waals surface area contributed by atoms with Crippen molar-refractivity contribution in [1.29, 1.82) is 0 Å². The first-order chi connectivity index (χ1) is 6.95. The van der Waals surface area contributed by atoms with Gasteiger partial charge in [-0.2, -0.15) is 0 Å². The lowest BCUT2D eigenvalue weighted by atomic mass is 9.87. The van der Waals surface area contributed by atoms with E-state index in [0.29, 0.717) is 0 Å². The zero-order chi connectivity index (χ0) is 9.64. The van der Waals surface area contributed by atoms with Crippen molar-refractivity contribution < 1.29 is 0 Å². The van der Waals surface area contributed by atoms with Crippen LogP contribution in [-0.2, 0) is 0 Å². The molecule has 0 atom stereocenters. The SMILES string of the molecule is C1CCC(CCNCC2CNC2)CC1. The number of nitrogens with one attached hydrogen (secondary N) is 2. The Labute approximate surface area is 87.8 Å². The van der Waals surface area contributed by atoms with Crippen LogP contribution >= 0.6 is 0 Å². The van der Waals surface area contributed by atoms with Crippen LogP contribution in [0.1, 0.15) is 38.5 Å². The van der Waals surface area contributed by atoms with E-state index in [0.717, 1.165) is 11.8 Å². The minimum Gasteiger partial charge on any atom is -0.316 e. The van der Waals surface area contributed by atoms with Crippen LogP contribution in [0.15, 0.2) is 0 Å². The van der Waals surface area contributed by atoms with Gasteiger partial charge in [0.1, 0.15) is 0 Å². The van der Waals surface area contributed by atoms with Gasteiger partial charge in [0.2, 0.25) is 0 Å². The predicted molar refractivity (Wildman–Crippen MR) is 60.4 cm³/mol. The molecule has 14 heavy (non-hydrogen) atoms. The summed E-state index contributed by atoms with van der Waals surface area (Å²) in [6, 6.07) is 0. The average Bonchev–Trinajstić information content (AvgIpc) is 2.16. The van der Waals surface area contributed by atoms with Gasteiger partial charge in [0.25, 0.3) is 0 Å². The standard InChI is InChI=1S/C12H24N2/c1-2-4-11(5-3-1)6-7-13-8-12-9-14-10-12/h11-14H,1-10H2. The minimum atomic E-state index is 0.918. The molecule has 2 fully saturated rings. The molecule has 1 saturated heterocycles. The van der Waals surface area contributed by atoms with Crippen LogP contribution < -0.4 is 10.6 Å². The van der Waals surface area contributed by atoms with Gasteiger partial charge in [-0.15, -0.1) is 0 Å². The Morgan fingerprint density at radius 3 is 2.43 bits per heavy atom. The summed E-state index contributed by atoms with van der Waals surface area (Å²) in [7, 11) is 0. The number of hydrogen-bond donors (Lipinski definition) is 2. The van der Waals surface area contributed by atoms with E-state index in [1.165, 1.54) is 64.7 Å². The van der Waals surface area contributed by atoms with Gasteiger partial charge in [-0.05, 0) is 24.8 Å². The number of hydrogen-bond acceptors (Lipinski definition) is 2. The van der Waals surface area contributed by atoms with E-state index < -0.39 is 0 Å². The highest BCUT2D eigenvalue weighted by atomic mass is 15.0. The van der Waals surface area contributed by atoms with Gasteiger partial charge in [-0.25, -0.2) is 0 Å². The topological polar surface area (TPSA) is 24.1 Å². The van der Waals surface area contributed by atoms with E-state index in [2.05, 4.69) is 10.6 Å². The third kappa shape index (κ3) is 3.25. The summed E-state index contributed by atoms with van der Waals surface area (Å²) in [5, 5.41) is 6.91. The Balaban J connectivity index is 1.45. The second-order valence-corrected chi connectivity index (χ2v) is 5.02.